The summed E-state index contributed by atoms with van der Waals surface area (Å²) in [5, 5.41) is 10.1. The number of halogens is 9. The van der Waals surface area contributed by atoms with E-state index in [1.54, 1.807) is 0 Å². The van der Waals surface area contributed by atoms with E-state index in [1.807, 2.05) is 0 Å². The van der Waals surface area contributed by atoms with E-state index in [1.165, 1.54) is 0 Å². The Labute approximate surface area is 168 Å². The molecule has 0 bridgehead atoms. The van der Waals surface area contributed by atoms with Crippen molar-refractivity contribution in [2.24, 2.45) is 5.41 Å². The van der Waals surface area contributed by atoms with Gasteiger partial charge in [0.1, 0.15) is 0 Å². The predicted octanol–water partition coefficient (Wildman–Crippen LogP) is 2.95. The highest BCUT2D eigenvalue weighted by Gasteiger charge is 2.53. The number of hydrogen-bond acceptors (Lipinski definition) is 4. The van der Waals surface area contributed by atoms with E-state index >= 15 is 0 Å². The molecular formula is C15H13F9N2O4S. The summed E-state index contributed by atoms with van der Waals surface area (Å²) in [7, 11) is -4.51. The number of nitrogens with one attached hydrogen (secondary N) is 1. The van der Waals surface area contributed by atoms with Crippen LogP contribution in [0.4, 0.5) is 39.5 Å². The van der Waals surface area contributed by atoms with Crippen molar-refractivity contribution in [3.8, 4) is 0 Å². The fourth-order valence-electron chi connectivity index (χ4n) is 2.87. The highest BCUT2D eigenvalue weighted by atomic mass is 32.2. The first-order chi connectivity index (χ1) is 13.8. The van der Waals surface area contributed by atoms with Crippen LogP contribution in [0, 0.1) is 5.41 Å². The molecule has 2 N–H and O–H groups in total. The lowest BCUT2D eigenvalue weighted by atomic mass is 9.76. The van der Waals surface area contributed by atoms with Crippen molar-refractivity contribution in [2.75, 3.05) is 26.2 Å². The van der Waals surface area contributed by atoms with Gasteiger partial charge < -0.3 is 10.4 Å². The summed E-state index contributed by atoms with van der Waals surface area (Å²) >= 11 is 0. The lowest BCUT2D eigenvalue weighted by Crippen LogP contribution is -2.71. The Morgan fingerprint density at radius 3 is 1.77 bits per heavy atom. The number of sulfonamides is 1. The summed E-state index contributed by atoms with van der Waals surface area (Å²) < 4.78 is 135. The van der Waals surface area contributed by atoms with Crippen LogP contribution in [0.2, 0.25) is 0 Å². The zero-order chi connectivity index (χ0) is 24.0. The quantitative estimate of drug-likeness (QED) is 0.626. The molecule has 16 heteroatoms. The van der Waals surface area contributed by atoms with Gasteiger partial charge in [0.05, 0.1) is 16.0 Å². The van der Waals surface area contributed by atoms with Gasteiger partial charge in [0.2, 0.25) is 10.0 Å². The van der Waals surface area contributed by atoms with E-state index in [0.29, 0.717) is 25.2 Å². The van der Waals surface area contributed by atoms with Crippen LogP contribution in [0.25, 0.3) is 0 Å². The van der Waals surface area contributed by atoms with Crippen molar-refractivity contribution in [1.82, 2.24) is 9.62 Å². The molecule has 6 nitrogen and oxygen atoms in total. The Bertz CT molecular complexity index is 943. The van der Waals surface area contributed by atoms with Crippen LogP contribution < -0.4 is 5.32 Å². The maximum atomic E-state index is 13.1. The van der Waals surface area contributed by atoms with Crippen LogP contribution in [0.15, 0.2) is 23.1 Å². The second kappa shape index (κ2) is 7.81. The van der Waals surface area contributed by atoms with Gasteiger partial charge in [-0.05, 0) is 18.2 Å². The number of rotatable bonds is 2. The fraction of sp³-hybridized carbons (Fsp3) is 0.533. The standard InChI is InChI=1S/C13H12F6N2O2S.C2HF3O2/c14-12(15,16)8-1-2-10(9(3-8)13(17,18)19)24(22,23)21-6-11(7-21)4-20-5-11;3-2(4,5)1(6)7/h1-3,20H,4-7H2;(H,6,7). The number of carbonyl (C=O) groups is 1. The minimum atomic E-state index is -5.22. The molecule has 0 aliphatic carbocycles. The smallest absolute Gasteiger partial charge is 0.475 e. The molecule has 1 spiro atoms. The number of carboxylic acid groups (broad SMARTS) is 1. The van der Waals surface area contributed by atoms with Crippen molar-refractivity contribution in [2.45, 2.75) is 23.4 Å². The second-order valence-electron chi connectivity index (χ2n) is 6.89. The van der Waals surface area contributed by atoms with Crippen molar-refractivity contribution in [1.29, 1.82) is 0 Å². The second-order valence-corrected chi connectivity index (χ2v) is 8.79. The van der Waals surface area contributed by atoms with E-state index in [9.17, 15) is 47.9 Å². The van der Waals surface area contributed by atoms with Gasteiger partial charge in [-0.15, -0.1) is 0 Å². The van der Waals surface area contributed by atoms with Gasteiger partial charge in [0.25, 0.3) is 0 Å². The Morgan fingerprint density at radius 1 is 0.968 bits per heavy atom. The lowest BCUT2D eigenvalue weighted by Gasteiger charge is -2.55. The molecule has 0 saturated carbocycles. The Kier molecular flexibility index (Phi) is 6.35. The summed E-state index contributed by atoms with van der Waals surface area (Å²) in [5.41, 5.74) is -3.61. The van der Waals surface area contributed by atoms with Gasteiger partial charge >= 0.3 is 24.5 Å². The molecule has 2 aliphatic rings. The maximum absolute atomic E-state index is 13.1. The minimum Gasteiger partial charge on any atom is -0.475 e. The van der Waals surface area contributed by atoms with Crippen LogP contribution in [0.5, 0.6) is 0 Å². The molecule has 0 unspecified atom stereocenters. The van der Waals surface area contributed by atoms with E-state index < -0.39 is 50.5 Å². The minimum absolute atomic E-state index is 0.0562. The maximum Gasteiger partial charge on any atom is 0.490 e. The summed E-state index contributed by atoms with van der Waals surface area (Å²) in [6.45, 7) is 1.25. The fourth-order valence-corrected chi connectivity index (χ4v) is 4.72. The molecule has 31 heavy (non-hydrogen) atoms. The normalized spacial score (nSPS) is 19.1. The number of alkyl halides is 9. The van der Waals surface area contributed by atoms with Gasteiger partial charge in [0.15, 0.2) is 0 Å². The number of hydrogen-bond donors (Lipinski definition) is 2. The zero-order valence-corrected chi connectivity index (χ0v) is 15.8. The molecule has 0 amide bonds. The van der Waals surface area contributed by atoms with E-state index in [2.05, 4.69) is 5.32 Å². The van der Waals surface area contributed by atoms with Crippen molar-refractivity contribution in [3.63, 3.8) is 0 Å². The van der Waals surface area contributed by atoms with Crippen LogP contribution in [-0.2, 0) is 27.2 Å². The average molecular weight is 488 g/mol. The summed E-state index contributed by atoms with van der Waals surface area (Å²) in [4.78, 5) is 7.75. The highest BCUT2D eigenvalue weighted by molar-refractivity contribution is 7.89. The number of carboxylic acids is 1. The van der Waals surface area contributed by atoms with Crippen LogP contribution in [0.1, 0.15) is 11.1 Å². The van der Waals surface area contributed by atoms with E-state index in [0.717, 1.165) is 4.31 Å². The Morgan fingerprint density at radius 2 is 1.45 bits per heavy atom. The van der Waals surface area contributed by atoms with Crippen molar-refractivity contribution < 1.29 is 57.8 Å². The van der Waals surface area contributed by atoms with E-state index in [4.69, 9.17) is 9.90 Å². The Balaban J connectivity index is 0.000000423. The van der Waals surface area contributed by atoms with Crippen LogP contribution in [0.3, 0.4) is 0 Å². The third kappa shape index (κ3) is 5.41. The molecule has 2 aliphatic heterocycles. The molecule has 2 heterocycles. The average Bonchev–Trinajstić information content (AvgIpc) is 2.49. The van der Waals surface area contributed by atoms with Crippen LogP contribution in [-0.4, -0.2) is 56.2 Å². The molecule has 3 rings (SSSR count). The molecule has 0 radical (unpaired) electrons. The van der Waals surface area contributed by atoms with Crippen molar-refractivity contribution >= 4 is 16.0 Å². The van der Waals surface area contributed by atoms with Gasteiger partial charge in [-0.1, -0.05) is 0 Å². The number of benzene rings is 1. The first kappa shape index (κ1) is 25.2. The summed E-state index contributed by atoms with van der Waals surface area (Å²) in [5.74, 6) is -2.76. The molecule has 176 valence electrons. The molecule has 1 aromatic carbocycles. The van der Waals surface area contributed by atoms with Crippen LogP contribution >= 0.6 is 0 Å². The lowest BCUT2D eigenvalue weighted by molar-refractivity contribution is -0.192. The topological polar surface area (TPSA) is 86.7 Å². The largest absolute Gasteiger partial charge is 0.490 e. The number of nitrogens with zero attached hydrogens (tertiary/aromatic N) is 1. The van der Waals surface area contributed by atoms with Gasteiger partial charge in [-0.2, -0.15) is 43.8 Å². The third-order valence-corrected chi connectivity index (χ3v) is 6.35. The molecule has 0 aromatic heterocycles. The van der Waals surface area contributed by atoms with Gasteiger partial charge in [-0.3, -0.25) is 0 Å². The molecule has 1 aromatic rings. The molecule has 0 atom stereocenters. The molecule has 2 saturated heterocycles. The molecular weight excluding hydrogens is 475 g/mol. The third-order valence-electron chi connectivity index (χ3n) is 4.50. The number of aliphatic carboxylic acids is 1. The predicted molar refractivity (Wildman–Crippen MR) is 84.2 cm³/mol. The zero-order valence-electron chi connectivity index (χ0n) is 15.0. The summed E-state index contributed by atoms with van der Waals surface area (Å²) in [6, 6.07) is 0.570. The first-order valence-electron chi connectivity index (χ1n) is 8.09. The first-order valence-corrected chi connectivity index (χ1v) is 9.53. The monoisotopic (exact) mass is 488 g/mol. The SMILES string of the molecule is O=C(O)C(F)(F)F.O=S(=O)(c1ccc(C(F)(F)F)cc1C(F)(F)F)N1CC2(CNC2)C1. The van der Waals surface area contributed by atoms with Gasteiger partial charge in [0, 0.05) is 31.6 Å². The summed E-state index contributed by atoms with van der Waals surface area (Å²) in [6.07, 6.45) is -15.3. The highest BCUT2D eigenvalue weighted by Crippen LogP contribution is 2.43. The Hall–Kier alpha value is -2.07. The van der Waals surface area contributed by atoms with Crippen molar-refractivity contribution in [3.05, 3.63) is 29.3 Å². The van der Waals surface area contributed by atoms with E-state index in [-0.39, 0.29) is 24.6 Å². The molecule has 2 fully saturated rings. The van der Waals surface area contributed by atoms with Gasteiger partial charge in [-0.25, -0.2) is 13.2 Å².